The van der Waals surface area contributed by atoms with Gasteiger partial charge in [-0.05, 0) is 51.6 Å². The van der Waals surface area contributed by atoms with Crippen LogP contribution in [0.25, 0.3) is 0 Å². The first-order chi connectivity index (χ1) is 9.13. The van der Waals surface area contributed by atoms with E-state index in [-0.39, 0.29) is 12.5 Å². The molecule has 0 aromatic carbocycles. The number of sulfone groups is 1. The molecule has 1 fully saturated rings. The number of carbonyl (C=O) groups is 1. The first kappa shape index (κ1) is 17.4. The normalized spacial score (nSPS) is 22.3. The molecule has 0 aliphatic carbocycles. The maximum absolute atomic E-state index is 11.9. The fourth-order valence-electron chi connectivity index (χ4n) is 2.34. The average molecular weight is 304 g/mol. The Labute approximate surface area is 122 Å². The van der Waals surface area contributed by atoms with Crippen LogP contribution in [0.5, 0.6) is 0 Å². The number of carbonyl (C=O) groups excluding carboxylic acids is 1. The van der Waals surface area contributed by atoms with E-state index in [1.54, 1.807) is 13.8 Å². The Kier molecular flexibility index (Phi) is 6.01. The molecule has 1 aliphatic rings. The van der Waals surface area contributed by atoms with Crippen LogP contribution in [0.15, 0.2) is 0 Å². The lowest BCUT2D eigenvalue weighted by Gasteiger charge is -2.28. The molecule has 1 rings (SSSR count). The van der Waals surface area contributed by atoms with E-state index < -0.39 is 14.6 Å². The van der Waals surface area contributed by atoms with E-state index in [9.17, 15) is 13.2 Å². The average Bonchev–Trinajstić information content (AvgIpc) is 2.36. The van der Waals surface area contributed by atoms with Crippen LogP contribution >= 0.6 is 0 Å². The predicted octanol–water partition coefficient (Wildman–Crippen LogP) is 0.952. The molecule has 1 aliphatic heterocycles. The maximum atomic E-state index is 11.9. The standard InChI is InChI=1S/C14H28N2O3S/c1-11(12-6-5-7-15-9-12)8-13(17)16-10-14(2,3)20(4,18)19/h11-12,15H,5-10H2,1-4H3,(H,16,17)/t11-,12-/m0/s1. The van der Waals surface area contributed by atoms with Crippen molar-refractivity contribution in [2.45, 2.75) is 44.8 Å². The molecule has 118 valence electrons. The van der Waals surface area contributed by atoms with Gasteiger partial charge in [0, 0.05) is 19.2 Å². The third-order valence-electron chi connectivity index (χ3n) is 4.36. The van der Waals surface area contributed by atoms with Crippen LogP contribution in [0.1, 0.15) is 40.0 Å². The van der Waals surface area contributed by atoms with E-state index in [2.05, 4.69) is 17.6 Å². The molecule has 0 saturated carbocycles. The van der Waals surface area contributed by atoms with Gasteiger partial charge in [0.05, 0.1) is 4.75 Å². The molecule has 0 bridgehead atoms. The van der Waals surface area contributed by atoms with Gasteiger partial charge in [0.15, 0.2) is 9.84 Å². The molecule has 0 radical (unpaired) electrons. The molecule has 0 aromatic rings. The van der Waals surface area contributed by atoms with Crippen molar-refractivity contribution in [3.05, 3.63) is 0 Å². The lowest BCUT2D eigenvalue weighted by molar-refractivity contribution is -0.122. The summed E-state index contributed by atoms with van der Waals surface area (Å²) in [5.41, 5.74) is 0. The number of nitrogens with one attached hydrogen (secondary N) is 2. The third-order valence-corrected chi connectivity index (χ3v) is 6.51. The van der Waals surface area contributed by atoms with Crippen molar-refractivity contribution >= 4 is 15.7 Å². The molecule has 1 heterocycles. The van der Waals surface area contributed by atoms with Gasteiger partial charge in [-0.2, -0.15) is 0 Å². The Morgan fingerprint density at radius 1 is 1.45 bits per heavy atom. The van der Waals surface area contributed by atoms with Gasteiger partial charge < -0.3 is 10.6 Å². The summed E-state index contributed by atoms with van der Waals surface area (Å²) < 4.78 is 22.2. The zero-order valence-corrected chi connectivity index (χ0v) is 13.8. The number of rotatable bonds is 6. The summed E-state index contributed by atoms with van der Waals surface area (Å²) in [4.78, 5) is 11.9. The van der Waals surface area contributed by atoms with E-state index in [4.69, 9.17) is 0 Å². The summed E-state index contributed by atoms with van der Waals surface area (Å²) >= 11 is 0. The quantitative estimate of drug-likeness (QED) is 0.766. The van der Waals surface area contributed by atoms with Crippen molar-refractivity contribution in [1.29, 1.82) is 0 Å². The molecule has 6 heteroatoms. The van der Waals surface area contributed by atoms with E-state index in [1.165, 1.54) is 6.26 Å². The van der Waals surface area contributed by atoms with Crippen LogP contribution in [-0.2, 0) is 14.6 Å². The van der Waals surface area contributed by atoms with Gasteiger partial charge in [0.1, 0.15) is 0 Å². The minimum atomic E-state index is -3.17. The zero-order valence-electron chi connectivity index (χ0n) is 13.0. The highest BCUT2D eigenvalue weighted by Crippen LogP contribution is 2.22. The molecular weight excluding hydrogens is 276 g/mol. The van der Waals surface area contributed by atoms with Gasteiger partial charge in [-0.1, -0.05) is 6.92 Å². The molecule has 1 amide bonds. The molecule has 0 spiro atoms. The molecule has 5 nitrogen and oxygen atoms in total. The molecule has 2 N–H and O–H groups in total. The SMILES string of the molecule is C[C@@H](CC(=O)NCC(C)(C)S(C)(=O)=O)[C@H]1CCCNC1. The smallest absolute Gasteiger partial charge is 0.220 e. The fourth-order valence-corrected chi connectivity index (χ4v) is 2.67. The van der Waals surface area contributed by atoms with Crippen LogP contribution in [-0.4, -0.2) is 45.0 Å². The molecule has 1 saturated heterocycles. The first-order valence-electron chi connectivity index (χ1n) is 7.30. The third kappa shape index (κ3) is 5.05. The van der Waals surface area contributed by atoms with Gasteiger partial charge in [-0.25, -0.2) is 8.42 Å². The summed E-state index contributed by atoms with van der Waals surface area (Å²) in [6.45, 7) is 7.58. The highest BCUT2D eigenvalue weighted by molar-refractivity contribution is 7.92. The molecule has 2 atom stereocenters. The second-order valence-corrected chi connectivity index (χ2v) is 9.25. The topological polar surface area (TPSA) is 75.3 Å². The molecule has 0 unspecified atom stereocenters. The first-order valence-corrected chi connectivity index (χ1v) is 9.19. The Bertz CT molecular complexity index is 426. The van der Waals surface area contributed by atoms with Crippen molar-refractivity contribution in [3.8, 4) is 0 Å². The second-order valence-electron chi connectivity index (χ2n) is 6.60. The number of amides is 1. The highest BCUT2D eigenvalue weighted by atomic mass is 32.2. The monoisotopic (exact) mass is 304 g/mol. The number of piperidine rings is 1. The van der Waals surface area contributed by atoms with E-state index >= 15 is 0 Å². The van der Waals surface area contributed by atoms with Crippen molar-refractivity contribution in [1.82, 2.24) is 10.6 Å². The minimum absolute atomic E-state index is 0.0557. The van der Waals surface area contributed by atoms with Crippen molar-refractivity contribution in [3.63, 3.8) is 0 Å². The van der Waals surface area contributed by atoms with Gasteiger partial charge in [-0.3, -0.25) is 4.79 Å². The highest BCUT2D eigenvalue weighted by Gasteiger charge is 2.31. The van der Waals surface area contributed by atoms with Gasteiger partial charge >= 0.3 is 0 Å². The van der Waals surface area contributed by atoms with Crippen LogP contribution in [0.2, 0.25) is 0 Å². The van der Waals surface area contributed by atoms with Crippen molar-refractivity contribution < 1.29 is 13.2 Å². The van der Waals surface area contributed by atoms with Crippen LogP contribution < -0.4 is 10.6 Å². The van der Waals surface area contributed by atoms with Crippen LogP contribution in [0.4, 0.5) is 0 Å². The summed E-state index contributed by atoms with van der Waals surface area (Å²) in [5, 5.41) is 6.12. The summed E-state index contributed by atoms with van der Waals surface area (Å²) in [7, 11) is -3.17. The predicted molar refractivity (Wildman–Crippen MR) is 81.3 cm³/mol. The Balaban J connectivity index is 2.40. The van der Waals surface area contributed by atoms with E-state index in [0.29, 0.717) is 18.3 Å². The number of hydrogen-bond donors (Lipinski definition) is 2. The second kappa shape index (κ2) is 6.89. The van der Waals surface area contributed by atoms with Crippen molar-refractivity contribution in [2.24, 2.45) is 11.8 Å². The molecule has 0 aromatic heterocycles. The Morgan fingerprint density at radius 3 is 2.60 bits per heavy atom. The summed E-state index contributed by atoms with van der Waals surface area (Å²) in [6, 6.07) is 0. The number of hydrogen-bond acceptors (Lipinski definition) is 4. The zero-order chi connectivity index (χ0) is 15.4. The fraction of sp³-hybridized carbons (Fsp3) is 0.929. The Hall–Kier alpha value is -0.620. The van der Waals surface area contributed by atoms with Crippen molar-refractivity contribution in [2.75, 3.05) is 25.9 Å². The van der Waals surface area contributed by atoms with E-state index in [0.717, 1.165) is 25.9 Å². The summed E-state index contributed by atoms with van der Waals surface area (Å²) in [6.07, 6.45) is 4.00. The summed E-state index contributed by atoms with van der Waals surface area (Å²) in [5.74, 6) is 0.807. The van der Waals surface area contributed by atoms with Crippen LogP contribution in [0.3, 0.4) is 0 Å². The molecular formula is C14H28N2O3S. The molecule has 20 heavy (non-hydrogen) atoms. The van der Waals surface area contributed by atoms with Gasteiger partial charge in [0.2, 0.25) is 5.91 Å². The largest absolute Gasteiger partial charge is 0.355 e. The van der Waals surface area contributed by atoms with Crippen LogP contribution in [0, 0.1) is 11.8 Å². The minimum Gasteiger partial charge on any atom is -0.355 e. The van der Waals surface area contributed by atoms with Gasteiger partial charge in [-0.15, -0.1) is 0 Å². The lowest BCUT2D eigenvalue weighted by atomic mass is 9.85. The van der Waals surface area contributed by atoms with E-state index in [1.807, 2.05) is 0 Å². The van der Waals surface area contributed by atoms with Gasteiger partial charge in [0.25, 0.3) is 0 Å². The Morgan fingerprint density at radius 2 is 2.10 bits per heavy atom. The maximum Gasteiger partial charge on any atom is 0.220 e. The lowest BCUT2D eigenvalue weighted by Crippen LogP contribution is -2.44.